The van der Waals surface area contributed by atoms with Crippen LogP contribution in [0.25, 0.3) is 6.08 Å². The van der Waals surface area contributed by atoms with Crippen molar-refractivity contribution in [3.05, 3.63) is 94.6 Å². The van der Waals surface area contributed by atoms with Crippen molar-refractivity contribution in [1.82, 2.24) is 0 Å². The molecule has 5 rings (SSSR count). The second kappa shape index (κ2) is 7.78. The zero-order valence-electron chi connectivity index (χ0n) is 18.1. The number of rotatable bonds is 4. The lowest BCUT2D eigenvalue weighted by atomic mass is 9.84. The van der Waals surface area contributed by atoms with Crippen molar-refractivity contribution in [2.24, 2.45) is 0 Å². The minimum absolute atomic E-state index is 0.0920. The number of methoxy groups -OCH3 is 2. The first-order chi connectivity index (χ1) is 15.1. The van der Waals surface area contributed by atoms with Gasteiger partial charge in [-0.25, -0.2) is 0 Å². The Labute approximate surface area is 183 Å². The molecule has 3 aromatic rings. The fourth-order valence-electron chi connectivity index (χ4n) is 4.58. The van der Waals surface area contributed by atoms with Crippen LogP contribution in [0, 0.1) is 6.92 Å². The van der Waals surface area contributed by atoms with E-state index in [9.17, 15) is 0 Å². The van der Waals surface area contributed by atoms with E-state index < -0.39 is 5.79 Å². The van der Waals surface area contributed by atoms with E-state index in [1.165, 1.54) is 16.7 Å². The highest BCUT2D eigenvalue weighted by Gasteiger charge is 2.48. The first kappa shape index (κ1) is 19.7. The minimum atomic E-state index is -0.802. The summed E-state index contributed by atoms with van der Waals surface area (Å²) in [5.41, 5.74) is 5.80. The summed E-state index contributed by atoms with van der Waals surface area (Å²) >= 11 is 0. The smallest absolute Gasteiger partial charge is 0.238 e. The Hall–Kier alpha value is -3.24. The van der Waals surface area contributed by atoms with Gasteiger partial charge in [0.05, 0.1) is 20.8 Å². The van der Waals surface area contributed by atoms with Gasteiger partial charge in [-0.05, 0) is 29.7 Å². The van der Waals surface area contributed by atoms with Crippen LogP contribution < -0.4 is 14.2 Å². The number of aryl methyl sites for hydroxylation is 1. The Kier molecular flexibility index (Phi) is 4.95. The van der Waals surface area contributed by atoms with Crippen LogP contribution in [0.3, 0.4) is 0 Å². The van der Waals surface area contributed by atoms with Gasteiger partial charge < -0.3 is 18.9 Å². The van der Waals surface area contributed by atoms with Gasteiger partial charge in [0, 0.05) is 29.5 Å². The molecule has 0 saturated carbocycles. The average molecular weight is 415 g/mol. The lowest BCUT2D eigenvalue weighted by Gasteiger charge is -2.39. The summed E-state index contributed by atoms with van der Waals surface area (Å²) in [5.74, 6) is 1.40. The maximum absolute atomic E-state index is 6.56. The third-order valence-corrected chi connectivity index (χ3v) is 6.26. The van der Waals surface area contributed by atoms with E-state index in [2.05, 4.69) is 55.5 Å². The van der Waals surface area contributed by atoms with Crippen LogP contribution in [-0.2, 0) is 17.1 Å². The molecular formula is C27H26O4. The normalized spacial score (nSPS) is 21.6. The van der Waals surface area contributed by atoms with Crippen LogP contribution in [-0.4, -0.2) is 14.2 Å². The number of hydrogen-bond acceptors (Lipinski definition) is 4. The second-order valence-electron chi connectivity index (χ2n) is 8.07. The zero-order chi connectivity index (χ0) is 21.4. The van der Waals surface area contributed by atoms with E-state index >= 15 is 0 Å². The third kappa shape index (κ3) is 3.37. The SMILES string of the molecule is COc1cc2c(cc1OC)[C@@H](/C=C/c1ccccc1C)C[C@]1(OCc3ccccc31)O2. The van der Waals surface area contributed by atoms with Crippen LogP contribution in [0.5, 0.6) is 17.2 Å². The monoisotopic (exact) mass is 414 g/mol. The van der Waals surface area contributed by atoms with Crippen LogP contribution in [0.15, 0.2) is 66.7 Å². The number of allylic oxidation sites excluding steroid dienone is 1. The molecule has 2 atom stereocenters. The molecule has 0 amide bonds. The highest BCUT2D eigenvalue weighted by atomic mass is 16.7. The van der Waals surface area contributed by atoms with Crippen LogP contribution >= 0.6 is 0 Å². The maximum Gasteiger partial charge on any atom is 0.238 e. The highest BCUT2D eigenvalue weighted by Crippen LogP contribution is 2.53. The van der Waals surface area contributed by atoms with Crippen molar-refractivity contribution >= 4 is 6.08 Å². The van der Waals surface area contributed by atoms with Gasteiger partial charge in [0.15, 0.2) is 11.5 Å². The van der Waals surface area contributed by atoms with Gasteiger partial charge in [0.1, 0.15) is 5.75 Å². The third-order valence-electron chi connectivity index (χ3n) is 6.26. The molecule has 1 spiro atoms. The fourth-order valence-corrected chi connectivity index (χ4v) is 4.58. The van der Waals surface area contributed by atoms with Crippen molar-refractivity contribution < 1.29 is 18.9 Å². The predicted molar refractivity (Wildman–Crippen MR) is 121 cm³/mol. The quantitative estimate of drug-likeness (QED) is 0.527. The Morgan fingerprint density at radius 2 is 1.71 bits per heavy atom. The van der Waals surface area contributed by atoms with Gasteiger partial charge in [0.25, 0.3) is 0 Å². The molecular weight excluding hydrogens is 388 g/mol. The Morgan fingerprint density at radius 1 is 0.968 bits per heavy atom. The summed E-state index contributed by atoms with van der Waals surface area (Å²) in [4.78, 5) is 0. The van der Waals surface area contributed by atoms with Crippen molar-refractivity contribution in [1.29, 1.82) is 0 Å². The first-order valence-corrected chi connectivity index (χ1v) is 10.5. The lowest BCUT2D eigenvalue weighted by molar-refractivity contribution is -0.195. The summed E-state index contributed by atoms with van der Waals surface area (Å²) in [5, 5.41) is 0. The summed E-state index contributed by atoms with van der Waals surface area (Å²) < 4.78 is 24.0. The summed E-state index contributed by atoms with van der Waals surface area (Å²) in [6, 6.07) is 20.6. The van der Waals surface area contributed by atoms with E-state index in [1.807, 2.05) is 24.3 Å². The number of ether oxygens (including phenoxy) is 4. The molecule has 0 radical (unpaired) electrons. The van der Waals surface area contributed by atoms with Crippen LogP contribution in [0.2, 0.25) is 0 Å². The standard InChI is InChI=1S/C27H26O4/c1-18-8-4-5-9-19(18)12-13-20-16-27(23-11-7-6-10-21(23)17-30-27)31-24-15-26(29-3)25(28-2)14-22(20)24/h4-15,20H,16-17H2,1-3H3/b13-12+/t20-,27-/m0/s1. The summed E-state index contributed by atoms with van der Waals surface area (Å²) in [6.07, 6.45) is 5.14. The molecule has 0 N–H and O–H groups in total. The molecule has 158 valence electrons. The zero-order valence-corrected chi connectivity index (χ0v) is 18.1. The largest absolute Gasteiger partial charge is 0.493 e. The minimum Gasteiger partial charge on any atom is -0.493 e. The van der Waals surface area contributed by atoms with Gasteiger partial charge in [-0.2, -0.15) is 0 Å². The summed E-state index contributed by atoms with van der Waals surface area (Å²) in [7, 11) is 3.30. The highest BCUT2D eigenvalue weighted by molar-refractivity contribution is 5.59. The number of benzene rings is 3. The molecule has 31 heavy (non-hydrogen) atoms. The molecule has 0 fully saturated rings. The van der Waals surface area contributed by atoms with E-state index in [-0.39, 0.29) is 5.92 Å². The van der Waals surface area contributed by atoms with E-state index in [4.69, 9.17) is 18.9 Å². The van der Waals surface area contributed by atoms with Gasteiger partial charge in [0.2, 0.25) is 5.79 Å². The van der Waals surface area contributed by atoms with Crippen molar-refractivity contribution in [3.63, 3.8) is 0 Å². The molecule has 0 saturated heterocycles. The van der Waals surface area contributed by atoms with E-state index in [0.29, 0.717) is 24.5 Å². The molecule has 4 nitrogen and oxygen atoms in total. The Balaban J connectivity index is 1.62. The molecule has 2 aliphatic heterocycles. The number of fused-ring (bicyclic) bond motifs is 3. The van der Waals surface area contributed by atoms with E-state index in [1.54, 1.807) is 14.2 Å². The molecule has 0 unspecified atom stereocenters. The average Bonchev–Trinajstić information content (AvgIpc) is 3.15. The summed E-state index contributed by atoms with van der Waals surface area (Å²) in [6.45, 7) is 2.68. The lowest BCUT2D eigenvalue weighted by Crippen LogP contribution is -2.37. The molecule has 2 heterocycles. The Bertz CT molecular complexity index is 1150. The van der Waals surface area contributed by atoms with E-state index in [0.717, 1.165) is 16.9 Å². The topological polar surface area (TPSA) is 36.9 Å². The molecule has 0 aromatic heterocycles. The van der Waals surface area contributed by atoms with Crippen molar-refractivity contribution in [2.75, 3.05) is 14.2 Å². The molecule has 4 heteroatoms. The molecule has 0 aliphatic carbocycles. The second-order valence-corrected chi connectivity index (χ2v) is 8.07. The van der Waals surface area contributed by atoms with Gasteiger partial charge in [-0.3, -0.25) is 0 Å². The molecule has 0 bridgehead atoms. The predicted octanol–water partition coefficient (Wildman–Crippen LogP) is 5.97. The van der Waals surface area contributed by atoms with Gasteiger partial charge in [-0.1, -0.05) is 60.7 Å². The fraction of sp³-hybridized carbons (Fsp3) is 0.259. The molecule has 2 aliphatic rings. The van der Waals surface area contributed by atoms with Crippen LogP contribution in [0.4, 0.5) is 0 Å². The molecule has 3 aromatic carbocycles. The maximum atomic E-state index is 6.56. The van der Waals surface area contributed by atoms with Crippen molar-refractivity contribution in [3.8, 4) is 17.2 Å². The first-order valence-electron chi connectivity index (χ1n) is 10.5. The van der Waals surface area contributed by atoms with Gasteiger partial charge in [-0.15, -0.1) is 0 Å². The van der Waals surface area contributed by atoms with Gasteiger partial charge >= 0.3 is 0 Å². The Morgan fingerprint density at radius 3 is 2.52 bits per heavy atom. The van der Waals surface area contributed by atoms with Crippen molar-refractivity contribution in [2.45, 2.75) is 31.7 Å². The number of hydrogen-bond donors (Lipinski definition) is 0. The van der Waals surface area contributed by atoms with Crippen LogP contribution in [0.1, 0.15) is 40.2 Å².